The van der Waals surface area contributed by atoms with Crippen LogP contribution in [0.5, 0.6) is 5.75 Å². The standard InChI is InChI=1S/C13H18N2O2/c1-9(13(16)15-11-6-7-11)17-12-5-3-2-4-10(12)8-14/h2-5,9,11H,6-8,14H2,1H3,(H,15,16). The molecule has 17 heavy (non-hydrogen) atoms. The van der Waals surface area contributed by atoms with Crippen molar-refractivity contribution in [2.45, 2.75) is 38.5 Å². The smallest absolute Gasteiger partial charge is 0.260 e. The molecule has 3 N–H and O–H groups in total. The van der Waals surface area contributed by atoms with Crippen LogP contribution in [-0.4, -0.2) is 18.1 Å². The van der Waals surface area contributed by atoms with Crippen LogP contribution in [0, 0.1) is 0 Å². The molecule has 1 aromatic rings. The second-order valence-electron chi connectivity index (χ2n) is 4.35. The predicted octanol–water partition coefficient (Wildman–Crippen LogP) is 1.19. The van der Waals surface area contributed by atoms with Gasteiger partial charge in [-0.2, -0.15) is 0 Å². The predicted molar refractivity (Wildman–Crippen MR) is 65.6 cm³/mol. The van der Waals surface area contributed by atoms with Crippen LogP contribution >= 0.6 is 0 Å². The fourth-order valence-corrected chi connectivity index (χ4v) is 1.58. The van der Waals surface area contributed by atoms with Crippen LogP contribution in [0.4, 0.5) is 0 Å². The number of benzene rings is 1. The Bertz CT molecular complexity index is 402. The minimum absolute atomic E-state index is 0.0562. The van der Waals surface area contributed by atoms with Gasteiger partial charge in [0.15, 0.2) is 6.10 Å². The molecule has 0 spiro atoms. The molecule has 1 unspecified atom stereocenters. The number of para-hydroxylation sites is 1. The second kappa shape index (κ2) is 5.19. The maximum absolute atomic E-state index is 11.7. The number of hydrogen-bond donors (Lipinski definition) is 2. The Labute approximate surface area is 101 Å². The first-order chi connectivity index (χ1) is 8.20. The summed E-state index contributed by atoms with van der Waals surface area (Å²) >= 11 is 0. The minimum atomic E-state index is -0.483. The molecule has 1 amide bonds. The Morgan fingerprint density at radius 2 is 2.24 bits per heavy atom. The van der Waals surface area contributed by atoms with Crippen molar-refractivity contribution in [3.05, 3.63) is 29.8 Å². The van der Waals surface area contributed by atoms with Gasteiger partial charge in [-0.05, 0) is 25.8 Å². The highest BCUT2D eigenvalue weighted by molar-refractivity contribution is 5.81. The lowest BCUT2D eigenvalue weighted by molar-refractivity contribution is -0.127. The van der Waals surface area contributed by atoms with Crippen molar-refractivity contribution in [3.8, 4) is 5.75 Å². The Morgan fingerprint density at radius 1 is 1.53 bits per heavy atom. The van der Waals surface area contributed by atoms with Crippen molar-refractivity contribution in [3.63, 3.8) is 0 Å². The molecule has 0 aromatic heterocycles. The van der Waals surface area contributed by atoms with Crippen LogP contribution in [0.25, 0.3) is 0 Å². The van der Waals surface area contributed by atoms with E-state index in [1.54, 1.807) is 6.92 Å². The first kappa shape index (κ1) is 11.9. The largest absolute Gasteiger partial charge is 0.481 e. The molecule has 2 rings (SSSR count). The fourth-order valence-electron chi connectivity index (χ4n) is 1.58. The summed E-state index contributed by atoms with van der Waals surface area (Å²) in [6.45, 7) is 2.16. The summed E-state index contributed by atoms with van der Waals surface area (Å²) in [7, 11) is 0. The van der Waals surface area contributed by atoms with E-state index in [1.807, 2.05) is 24.3 Å². The van der Waals surface area contributed by atoms with E-state index in [4.69, 9.17) is 10.5 Å². The molecule has 0 saturated heterocycles. The van der Waals surface area contributed by atoms with Gasteiger partial charge < -0.3 is 15.8 Å². The topological polar surface area (TPSA) is 64.3 Å². The van der Waals surface area contributed by atoms with Crippen molar-refractivity contribution in [2.75, 3.05) is 0 Å². The molecule has 0 heterocycles. The molecule has 92 valence electrons. The fraction of sp³-hybridized carbons (Fsp3) is 0.462. The maximum atomic E-state index is 11.7. The van der Waals surface area contributed by atoms with Crippen molar-refractivity contribution in [2.24, 2.45) is 5.73 Å². The monoisotopic (exact) mass is 234 g/mol. The second-order valence-corrected chi connectivity index (χ2v) is 4.35. The number of carbonyl (C=O) groups is 1. The number of hydrogen-bond acceptors (Lipinski definition) is 3. The van der Waals surface area contributed by atoms with E-state index >= 15 is 0 Å². The Hall–Kier alpha value is -1.55. The number of ether oxygens (including phenoxy) is 1. The molecule has 1 aromatic carbocycles. The van der Waals surface area contributed by atoms with Gasteiger partial charge in [-0.1, -0.05) is 18.2 Å². The highest BCUT2D eigenvalue weighted by atomic mass is 16.5. The molecule has 1 aliphatic carbocycles. The Kier molecular flexibility index (Phi) is 3.64. The molecule has 4 heteroatoms. The first-order valence-electron chi connectivity index (χ1n) is 5.95. The Morgan fingerprint density at radius 3 is 2.88 bits per heavy atom. The molecule has 0 bridgehead atoms. The zero-order chi connectivity index (χ0) is 12.3. The molecule has 1 fully saturated rings. The van der Waals surface area contributed by atoms with E-state index in [0.29, 0.717) is 18.3 Å². The first-order valence-corrected chi connectivity index (χ1v) is 5.95. The molecule has 1 atom stereocenters. The van der Waals surface area contributed by atoms with Gasteiger partial charge in [0.1, 0.15) is 5.75 Å². The Balaban J connectivity index is 1.96. The van der Waals surface area contributed by atoms with Crippen molar-refractivity contribution in [1.29, 1.82) is 0 Å². The van der Waals surface area contributed by atoms with E-state index in [0.717, 1.165) is 18.4 Å². The lowest BCUT2D eigenvalue weighted by atomic mass is 10.2. The van der Waals surface area contributed by atoms with Gasteiger partial charge in [0, 0.05) is 18.2 Å². The number of carbonyl (C=O) groups excluding carboxylic acids is 1. The summed E-state index contributed by atoms with van der Waals surface area (Å²) in [4.78, 5) is 11.7. The van der Waals surface area contributed by atoms with Gasteiger partial charge >= 0.3 is 0 Å². The molecule has 0 aliphatic heterocycles. The maximum Gasteiger partial charge on any atom is 0.260 e. The average molecular weight is 234 g/mol. The molecular formula is C13H18N2O2. The normalized spacial score (nSPS) is 16.4. The molecule has 1 aliphatic rings. The number of rotatable bonds is 5. The van der Waals surface area contributed by atoms with E-state index in [9.17, 15) is 4.79 Å². The number of amides is 1. The van der Waals surface area contributed by atoms with E-state index in [-0.39, 0.29) is 5.91 Å². The quantitative estimate of drug-likeness (QED) is 0.804. The molecule has 4 nitrogen and oxygen atoms in total. The summed E-state index contributed by atoms with van der Waals surface area (Å²) in [5, 5.41) is 2.92. The van der Waals surface area contributed by atoms with Gasteiger partial charge in [0.2, 0.25) is 0 Å². The highest BCUT2D eigenvalue weighted by Crippen LogP contribution is 2.21. The van der Waals surface area contributed by atoms with Gasteiger partial charge in [-0.3, -0.25) is 4.79 Å². The summed E-state index contributed by atoms with van der Waals surface area (Å²) in [6, 6.07) is 7.88. The summed E-state index contributed by atoms with van der Waals surface area (Å²) in [6.07, 6.45) is 1.68. The van der Waals surface area contributed by atoms with Crippen LogP contribution in [0.1, 0.15) is 25.3 Å². The zero-order valence-corrected chi connectivity index (χ0v) is 9.98. The van der Waals surface area contributed by atoms with Gasteiger partial charge in [0.05, 0.1) is 0 Å². The third-order valence-corrected chi connectivity index (χ3v) is 2.79. The summed E-state index contributed by atoms with van der Waals surface area (Å²) in [5.74, 6) is 0.632. The van der Waals surface area contributed by atoms with Crippen LogP contribution in [0.15, 0.2) is 24.3 Å². The van der Waals surface area contributed by atoms with Crippen molar-refractivity contribution in [1.82, 2.24) is 5.32 Å². The molecule has 0 radical (unpaired) electrons. The highest BCUT2D eigenvalue weighted by Gasteiger charge is 2.26. The lowest BCUT2D eigenvalue weighted by Crippen LogP contribution is -2.37. The number of nitrogens with one attached hydrogen (secondary N) is 1. The van der Waals surface area contributed by atoms with Crippen LogP contribution in [-0.2, 0) is 11.3 Å². The van der Waals surface area contributed by atoms with Crippen LogP contribution in [0.3, 0.4) is 0 Å². The van der Waals surface area contributed by atoms with Gasteiger partial charge in [-0.15, -0.1) is 0 Å². The van der Waals surface area contributed by atoms with Crippen molar-refractivity contribution < 1.29 is 9.53 Å². The summed E-state index contributed by atoms with van der Waals surface area (Å²) < 4.78 is 5.63. The lowest BCUT2D eigenvalue weighted by Gasteiger charge is -2.16. The van der Waals surface area contributed by atoms with E-state index in [1.165, 1.54) is 0 Å². The molecular weight excluding hydrogens is 216 g/mol. The average Bonchev–Trinajstić information content (AvgIpc) is 3.13. The zero-order valence-electron chi connectivity index (χ0n) is 9.98. The van der Waals surface area contributed by atoms with Crippen LogP contribution < -0.4 is 15.8 Å². The van der Waals surface area contributed by atoms with E-state index in [2.05, 4.69) is 5.32 Å². The SMILES string of the molecule is CC(Oc1ccccc1CN)C(=O)NC1CC1. The van der Waals surface area contributed by atoms with Crippen molar-refractivity contribution >= 4 is 5.91 Å². The van der Waals surface area contributed by atoms with Crippen LogP contribution in [0.2, 0.25) is 0 Å². The van der Waals surface area contributed by atoms with Gasteiger partial charge in [0.25, 0.3) is 5.91 Å². The minimum Gasteiger partial charge on any atom is -0.481 e. The third kappa shape index (κ3) is 3.20. The molecule has 1 saturated carbocycles. The third-order valence-electron chi connectivity index (χ3n) is 2.79. The number of nitrogens with two attached hydrogens (primary N) is 1. The summed E-state index contributed by atoms with van der Waals surface area (Å²) in [5.41, 5.74) is 6.53. The van der Waals surface area contributed by atoms with E-state index < -0.39 is 6.10 Å². The van der Waals surface area contributed by atoms with Gasteiger partial charge in [-0.25, -0.2) is 0 Å².